The fourth-order valence-corrected chi connectivity index (χ4v) is 16.7. The van der Waals surface area contributed by atoms with E-state index in [4.69, 9.17) is 22.9 Å². The summed E-state index contributed by atoms with van der Waals surface area (Å²) >= 11 is 0.746. The molecule has 0 bridgehead atoms. The molecular weight excluding hydrogens is 1740 g/mol. The van der Waals surface area contributed by atoms with E-state index in [1.165, 1.54) is 21.0 Å². The molecule has 3 aliphatic rings. The third kappa shape index (κ3) is 30.2. The average molecular weight is 1860 g/mol. The fraction of sp³-hybridized carbons (Fsp3) is 0.517. The van der Waals surface area contributed by atoms with E-state index in [9.17, 15) is 83.4 Å². The van der Waals surface area contributed by atoms with Gasteiger partial charge in [0.1, 0.15) is 90.8 Å². The number of fused-ring (bicyclic) bond motifs is 2. The Morgan fingerprint density at radius 2 is 1.02 bits per heavy atom. The molecule has 17 atom stereocenters. The summed E-state index contributed by atoms with van der Waals surface area (Å²) in [6.45, 7) is 0.549. The van der Waals surface area contributed by atoms with Gasteiger partial charge in [-0.25, -0.2) is 0 Å². The maximum atomic E-state index is 16.0. The Morgan fingerprint density at radius 1 is 0.515 bits per heavy atom. The molecule has 1 saturated heterocycles. The summed E-state index contributed by atoms with van der Waals surface area (Å²) in [6, 6.07) is 2.86. The maximum Gasteiger partial charge on any atom is 0.245 e. The highest BCUT2D eigenvalue weighted by molar-refractivity contribution is 8.00. The largest absolute Gasteiger partial charge is 0.394 e. The van der Waals surface area contributed by atoms with Crippen molar-refractivity contribution in [3.63, 3.8) is 0 Å². The minimum absolute atomic E-state index is 0.151. The van der Waals surface area contributed by atoms with Gasteiger partial charge in [-0.1, -0.05) is 91.4 Å². The van der Waals surface area contributed by atoms with Crippen LogP contribution in [0.4, 0.5) is 0 Å². The molecule has 2 aromatic heterocycles. The van der Waals surface area contributed by atoms with Gasteiger partial charge in [0.25, 0.3) is 0 Å². The van der Waals surface area contributed by atoms with Gasteiger partial charge in [0.2, 0.25) is 100 Å². The predicted molar refractivity (Wildman–Crippen MR) is 480 cm³/mol. The van der Waals surface area contributed by atoms with Crippen LogP contribution in [0.1, 0.15) is 131 Å². The van der Waals surface area contributed by atoms with Crippen LogP contribution < -0.4 is 81.4 Å². The lowest BCUT2D eigenvalue weighted by Gasteiger charge is -2.36. The van der Waals surface area contributed by atoms with Crippen LogP contribution in [-0.2, 0) is 128 Å². The Morgan fingerprint density at radius 3 is 1.59 bits per heavy atom. The number of aliphatic hydroxyl groups excluding tert-OH is 6. The molecule has 25 N–H and O–H groups in total. The number of aromatic nitrogens is 2. The molecule has 5 aromatic rings. The van der Waals surface area contributed by atoms with E-state index < -0.39 is 273 Å². The highest BCUT2D eigenvalue weighted by Crippen LogP contribution is 2.31. The molecule has 0 spiro atoms. The zero-order chi connectivity index (χ0) is 96.9. The first-order valence-electron chi connectivity index (χ1n) is 43.7. The van der Waals surface area contributed by atoms with E-state index in [0.717, 1.165) is 34.0 Å². The lowest BCUT2D eigenvalue weighted by Crippen LogP contribution is -2.63. The molecule has 1 saturated carbocycles. The molecule has 1 unspecified atom stereocenters. The average Bonchev–Trinajstić information content (AvgIpc) is 1.64. The van der Waals surface area contributed by atoms with Crippen molar-refractivity contribution < 1.29 is 112 Å². The topological polar surface area (TPSA) is 664 Å². The van der Waals surface area contributed by atoms with Crippen LogP contribution in [0.3, 0.4) is 0 Å². The number of hydrogen-bond acceptors (Lipinski definition) is 24. The number of nitrogens with zero attached hydrogens (tertiary/aromatic N) is 4. The maximum absolute atomic E-state index is 16.0. The number of likely N-dealkylation sites (N-methyl/N-ethyl adjacent to an activating group) is 2. The standard InChI is InChI=1S/C89H123N19O23S/c1-47-88(130)107(5)65(36-49-20-9-7-10-21-49)84(126)101-61(40-71(92)115)83(125)104-75(51-24-17-25-51)87(129)98-58(29-19-33-70(91)114)89(131)108(6)66(37-50-22-11-8-12-23-50)85(127)100-59(38-52-42-105(3)63-30-15-13-26-54(52)63)81(123)96-57(34-35-72(116)94-41-67(111)76(118)77(119)68(112)44-109)80(122)99-60(39-53-43-106(4)64-31-16-14-27-55(53)64)82(124)103-74(48(2)110)86(128)97-56(28-18-32-69(90)113)79(121)102-62(78(93)120)45-132-46-73(117)95-47/h7-13,15-16,20-23,26,30-31,42-43,47-48,51,56-62,65-68,74-77,109-112,118-119H,14,17-19,24-25,27-29,32-41,44-46H2,1-6H3,(H2,90,113)(H2,91,114)(H2,92,115)(H2,93,120)(H,94,116)(H,95,117)(H,96,123)(H,97,128)(H,98,129)(H,99,122)(H,100,127)(H,101,126)(H,102,121)(H,103,124)(H,104,125)/t47-,48-,56+,57+,58+,59?,60+,61+,62+,65+,66+,67+,68-,74+,75+,76-,77-/m1/s1. The van der Waals surface area contributed by atoms with Gasteiger partial charge in [-0.2, -0.15) is 0 Å². The number of nitrogens with one attached hydrogen (secondary N) is 11. The number of amides is 17. The second-order valence-electron chi connectivity index (χ2n) is 33.6. The van der Waals surface area contributed by atoms with Crippen molar-refractivity contribution in [2.75, 3.05) is 38.8 Å². The van der Waals surface area contributed by atoms with Gasteiger partial charge in [0, 0.05) is 114 Å². The molecular formula is C89H123N19O23S. The molecule has 2 fully saturated rings. The molecule has 718 valence electrons. The van der Waals surface area contributed by atoms with Gasteiger partial charge in [-0.15, -0.1) is 11.8 Å². The summed E-state index contributed by atoms with van der Waals surface area (Å²) in [4.78, 5) is 248. The van der Waals surface area contributed by atoms with Gasteiger partial charge in [0.05, 0.1) is 31.0 Å². The number of carbonyl (C=O) groups is 17. The van der Waals surface area contributed by atoms with E-state index in [0.29, 0.717) is 71.0 Å². The number of benzene rings is 3. The molecule has 17 amide bonds. The normalized spacial score (nSPS) is 24.0. The Bertz CT molecular complexity index is 4970. The Balaban J connectivity index is 1.26. The highest BCUT2D eigenvalue weighted by atomic mass is 32.2. The quantitative estimate of drug-likeness (QED) is 0.0204. The summed E-state index contributed by atoms with van der Waals surface area (Å²) in [6.07, 6.45) is -6.24. The summed E-state index contributed by atoms with van der Waals surface area (Å²) in [7, 11) is 5.91. The number of para-hydroxylation sites is 1. The number of hydrogen-bond donors (Lipinski definition) is 21. The van der Waals surface area contributed by atoms with E-state index in [-0.39, 0.29) is 44.9 Å². The molecule has 43 heteroatoms. The van der Waals surface area contributed by atoms with Crippen molar-refractivity contribution in [2.24, 2.45) is 42.9 Å². The summed E-state index contributed by atoms with van der Waals surface area (Å²) in [5, 5.41) is 91.8. The molecule has 1 aliphatic heterocycles. The third-order valence-electron chi connectivity index (χ3n) is 23.6. The summed E-state index contributed by atoms with van der Waals surface area (Å²) in [5.41, 5.74) is 26.6. The molecule has 132 heavy (non-hydrogen) atoms. The first kappa shape index (κ1) is 105. The molecule has 0 radical (unpaired) electrons. The first-order valence-corrected chi connectivity index (χ1v) is 44.8. The van der Waals surface area contributed by atoms with Crippen LogP contribution in [0.5, 0.6) is 0 Å². The minimum atomic E-state index is -2.15. The van der Waals surface area contributed by atoms with Crippen molar-refractivity contribution in [3.8, 4) is 0 Å². The van der Waals surface area contributed by atoms with Crippen LogP contribution in [-0.4, -0.2) is 292 Å². The lowest BCUT2D eigenvalue weighted by molar-refractivity contribution is -0.144. The van der Waals surface area contributed by atoms with Crippen LogP contribution in [0.2, 0.25) is 0 Å². The molecule has 42 nitrogen and oxygen atoms in total. The highest BCUT2D eigenvalue weighted by Gasteiger charge is 2.44. The third-order valence-corrected chi connectivity index (χ3v) is 24.6. The summed E-state index contributed by atoms with van der Waals surface area (Å²) < 4.78 is 3.49. The first-order chi connectivity index (χ1) is 62.6. The van der Waals surface area contributed by atoms with Gasteiger partial charge in [0.15, 0.2) is 0 Å². The van der Waals surface area contributed by atoms with Crippen molar-refractivity contribution in [3.05, 3.63) is 137 Å². The van der Waals surface area contributed by atoms with Crippen molar-refractivity contribution >= 4 is 129 Å². The number of carbonyl (C=O) groups excluding carboxylic acids is 17. The number of aliphatic hydroxyl groups is 6. The number of allylic oxidation sites excluding steroid dienone is 1. The smallest absolute Gasteiger partial charge is 0.245 e. The fourth-order valence-electron chi connectivity index (χ4n) is 15.9. The van der Waals surface area contributed by atoms with E-state index in [1.807, 2.05) is 12.2 Å². The minimum Gasteiger partial charge on any atom is -0.394 e. The Hall–Kier alpha value is -12.7. The van der Waals surface area contributed by atoms with Gasteiger partial charge in [-0.3, -0.25) is 81.5 Å². The van der Waals surface area contributed by atoms with E-state index in [2.05, 4.69) is 58.5 Å². The zero-order valence-electron chi connectivity index (χ0n) is 74.5. The SMILES string of the molecule is C[C@H]1NC(=O)CSC[C@@H](C(N)=O)NC(=O)[C@H](CCCC(N)=O)NC(=O)[C@H]([C@@H](C)O)NC(=O)[C@H](Cc2cn(C)c3c2CCC=C3)NC(=O)[C@H](CCC(=O)NC[C@H](O)[C@@H](O)[C@H](O)[C@H](O)CO)NC(=O)C(Cc2cn(C)c3ccccc23)NC(=O)[C@H](Cc2ccccc2)N(C)C(=O)[C@H](CCCC(N)=O)NC(=O)[C@H](C2CCC2)NC(=O)[C@H](CC(N)=O)NC(=O)[C@H](Cc2ccccc2)N(C)C1=O. The predicted octanol–water partition coefficient (Wildman–Crippen LogP) is -5.80. The Labute approximate surface area is 766 Å². The van der Waals surface area contributed by atoms with Crippen molar-refractivity contribution in [2.45, 2.75) is 232 Å². The number of rotatable bonds is 30. The second-order valence-corrected chi connectivity index (χ2v) is 34.7. The Kier molecular flexibility index (Phi) is 39.7. The summed E-state index contributed by atoms with van der Waals surface area (Å²) in [5.74, 6) is -19.2. The number of aryl methyl sites for hydroxylation is 2. The van der Waals surface area contributed by atoms with Gasteiger partial charge in [-0.05, 0) is 118 Å². The van der Waals surface area contributed by atoms with Gasteiger partial charge >= 0.3 is 0 Å². The zero-order valence-corrected chi connectivity index (χ0v) is 75.3. The number of nitrogens with two attached hydrogens (primary N) is 4. The lowest BCUT2D eigenvalue weighted by atomic mass is 9.79. The van der Waals surface area contributed by atoms with Crippen LogP contribution in [0.15, 0.2) is 103 Å². The van der Waals surface area contributed by atoms with E-state index >= 15 is 28.8 Å². The van der Waals surface area contributed by atoms with Crippen molar-refractivity contribution in [1.82, 2.24) is 77.4 Å². The molecule has 2 aliphatic carbocycles. The van der Waals surface area contributed by atoms with Crippen LogP contribution in [0.25, 0.3) is 17.0 Å². The molecule has 8 rings (SSSR count). The van der Waals surface area contributed by atoms with E-state index in [1.54, 1.807) is 121 Å². The van der Waals surface area contributed by atoms with Crippen LogP contribution >= 0.6 is 11.8 Å². The van der Waals surface area contributed by atoms with Crippen molar-refractivity contribution in [1.29, 1.82) is 0 Å². The van der Waals surface area contributed by atoms with Crippen LogP contribution in [0, 0.1) is 5.92 Å². The van der Waals surface area contributed by atoms with Gasteiger partial charge < -0.3 is 131 Å². The number of thioether (sulfide) groups is 1. The monoisotopic (exact) mass is 1860 g/mol. The molecule has 3 heterocycles. The number of primary amides is 4. The molecule has 3 aromatic carbocycles. The second kappa shape index (κ2) is 50.1.